The molecule has 0 aliphatic carbocycles. The highest BCUT2D eigenvalue weighted by Gasteiger charge is 2.77. The number of carboxylic acids is 1. The molecule has 1 aromatic carbocycles. The van der Waals surface area contributed by atoms with Crippen LogP contribution < -0.4 is 0 Å². The maximum atomic E-state index is 13.9. The fourth-order valence-electron chi connectivity index (χ4n) is 5.79. The summed E-state index contributed by atoms with van der Waals surface area (Å²) in [5, 5.41) is 19.6. The molecule has 3 aliphatic heterocycles. The van der Waals surface area contributed by atoms with Gasteiger partial charge < -0.3 is 20.0 Å². The van der Waals surface area contributed by atoms with Crippen molar-refractivity contribution in [3.05, 3.63) is 48.6 Å². The van der Waals surface area contributed by atoms with E-state index in [0.29, 0.717) is 25.9 Å². The molecule has 0 radical (unpaired) electrons. The number of thioether (sulfide) groups is 1. The maximum absolute atomic E-state index is 13.9. The molecule has 1 spiro atoms. The molecule has 3 aliphatic rings. The van der Waals surface area contributed by atoms with Crippen LogP contribution in [0.2, 0.25) is 0 Å². The number of fused-ring (bicyclic) bond motifs is 1. The van der Waals surface area contributed by atoms with Gasteiger partial charge in [0.1, 0.15) is 6.04 Å². The molecular weight excluding hydrogens is 416 g/mol. The quantitative estimate of drug-likeness (QED) is 0.593. The zero-order valence-electron chi connectivity index (χ0n) is 17.6. The highest BCUT2D eigenvalue weighted by molar-refractivity contribution is 8.02. The Bertz CT molecular complexity index is 908. The van der Waals surface area contributed by atoms with E-state index < -0.39 is 33.3 Å². The minimum absolute atomic E-state index is 0.0182. The molecule has 0 saturated carbocycles. The minimum Gasteiger partial charge on any atom is -0.481 e. The Kier molecular flexibility index (Phi) is 5.64. The van der Waals surface area contributed by atoms with Crippen LogP contribution >= 0.6 is 11.8 Å². The van der Waals surface area contributed by atoms with E-state index in [1.165, 1.54) is 16.7 Å². The predicted octanol–water partition coefficient (Wildman–Crippen LogP) is 1.76. The van der Waals surface area contributed by atoms with Gasteiger partial charge in [0.15, 0.2) is 0 Å². The summed E-state index contributed by atoms with van der Waals surface area (Å²) in [7, 11) is 0. The smallest absolute Gasteiger partial charge is 0.308 e. The number of amides is 2. The summed E-state index contributed by atoms with van der Waals surface area (Å²) in [5.74, 6) is -3.11. The first-order valence-electron chi connectivity index (χ1n) is 10.6. The third kappa shape index (κ3) is 3.27. The van der Waals surface area contributed by atoms with Gasteiger partial charge in [0.05, 0.1) is 23.2 Å². The Labute approximate surface area is 186 Å². The number of hydrogen-bond donors (Lipinski definition) is 2. The highest BCUT2D eigenvalue weighted by Crippen LogP contribution is 2.71. The molecule has 5 atom stereocenters. The van der Waals surface area contributed by atoms with E-state index in [2.05, 4.69) is 6.58 Å². The Hall–Kier alpha value is -2.32. The molecule has 3 heterocycles. The molecule has 8 heteroatoms. The van der Waals surface area contributed by atoms with Gasteiger partial charge in [0, 0.05) is 24.4 Å². The van der Waals surface area contributed by atoms with Crippen LogP contribution in [0, 0.1) is 11.8 Å². The molecule has 31 heavy (non-hydrogen) atoms. The lowest BCUT2D eigenvalue weighted by molar-refractivity contribution is -0.150. The number of carbonyl (C=O) groups excluding carboxylic acids is 2. The topological polar surface area (TPSA) is 98.2 Å². The second kappa shape index (κ2) is 7.98. The Morgan fingerprint density at radius 1 is 1.32 bits per heavy atom. The molecule has 0 aromatic heterocycles. The van der Waals surface area contributed by atoms with Gasteiger partial charge in [-0.25, -0.2) is 0 Å². The average molecular weight is 445 g/mol. The summed E-state index contributed by atoms with van der Waals surface area (Å²) in [6, 6.07) is 8.80. The van der Waals surface area contributed by atoms with Crippen molar-refractivity contribution in [2.75, 3.05) is 19.7 Å². The van der Waals surface area contributed by atoms with Crippen LogP contribution in [0.25, 0.3) is 0 Å². The lowest BCUT2D eigenvalue weighted by Crippen LogP contribution is -2.55. The van der Waals surface area contributed by atoms with Crippen molar-refractivity contribution in [1.82, 2.24) is 9.80 Å². The number of aliphatic hydroxyl groups is 1. The fourth-order valence-corrected chi connectivity index (χ4v) is 8.14. The normalized spacial score (nSPS) is 33.4. The van der Waals surface area contributed by atoms with Gasteiger partial charge in [-0.1, -0.05) is 36.4 Å². The number of hydrogen-bond acceptors (Lipinski definition) is 5. The van der Waals surface area contributed by atoms with Gasteiger partial charge in [0.2, 0.25) is 11.8 Å². The lowest BCUT2D eigenvalue weighted by atomic mass is 9.66. The van der Waals surface area contributed by atoms with Gasteiger partial charge in [0.25, 0.3) is 0 Å². The molecule has 4 rings (SSSR count). The summed E-state index contributed by atoms with van der Waals surface area (Å²) < 4.78 is -1.35. The van der Waals surface area contributed by atoms with Crippen molar-refractivity contribution >= 4 is 29.5 Å². The van der Waals surface area contributed by atoms with Crippen LogP contribution in [0.4, 0.5) is 0 Å². The van der Waals surface area contributed by atoms with E-state index in [1.807, 2.05) is 37.3 Å². The lowest BCUT2D eigenvalue weighted by Gasteiger charge is -2.37. The predicted molar refractivity (Wildman–Crippen MR) is 117 cm³/mol. The number of carbonyl (C=O) groups is 3. The van der Waals surface area contributed by atoms with Gasteiger partial charge >= 0.3 is 5.97 Å². The van der Waals surface area contributed by atoms with E-state index >= 15 is 0 Å². The van der Waals surface area contributed by atoms with Crippen LogP contribution in [0.1, 0.15) is 25.3 Å². The van der Waals surface area contributed by atoms with Crippen molar-refractivity contribution in [3.63, 3.8) is 0 Å². The number of aliphatic hydroxyl groups excluding tert-OH is 1. The van der Waals surface area contributed by atoms with E-state index in [9.17, 15) is 24.6 Å². The number of likely N-dealkylation sites (tertiary alicyclic amines) is 1. The number of carboxylic acid groups (broad SMARTS) is 1. The van der Waals surface area contributed by atoms with Crippen molar-refractivity contribution in [2.45, 2.75) is 41.8 Å². The minimum atomic E-state index is -0.987. The third-order valence-electron chi connectivity index (χ3n) is 6.99. The number of benzene rings is 1. The average Bonchev–Trinajstić information content (AvgIpc) is 3.30. The third-order valence-corrected chi connectivity index (χ3v) is 8.98. The molecule has 7 nitrogen and oxygen atoms in total. The van der Waals surface area contributed by atoms with Crippen LogP contribution in [0.15, 0.2) is 43.0 Å². The number of aliphatic carboxylic acids is 1. The van der Waals surface area contributed by atoms with Crippen LogP contribution in [-0.2, 0) is 20.9 Å². The molecule has 2 bridgehead atoms. The van der Waals surface area contributed by atoms with E-state index in [0.717, 1.165) is 5.56 Å². The zero-order chi connectivity index (χ0) is 22.4. The number of rotatable bonds is 8. The Morgan fingerprint density at radius 3 is 2.65 bits per heavy atom. The van der Waals surface area contributed by atoms with E-state index in [-0.39, 0.29) is 25.0 Å². The molecule has 1 aromatic rings. The van der Waals surface area contributed by atoms with Crippen molar-refractivity contribution < 1.29 is 24.6 Å². The van der Waals surface area contributed by atoms with Crippen LogP contribution in [-0.4, -0.2) is 73.0 Å². The van der Waals surface area contributed by atoms with Gasteiger partial charge in [-0.2, -0.15) is 0 Å². The number of nitrogens with zero attached hydrogens (tertiary/aromatic N) is 2. The standard InChI is InChI=1S/C23H28N2O5S/c1-3-11-24(14-15-7-5-4-6-8-15)20(28)18-23-10-9-22(2,31-23)17(21(29)30)16(23)19(27)25(18)12-13-26/h3-8,16-18,26H,1,9-14H2,2H3,(H,29,30)/t16-,17+,18?,22-,23?/m0/s1. The first-order chi connectivity index (χ1) is 14.8. The second-order valence-corrected chi connectivity index (χ2v) is 10.7. The van der Waals surface area contributed by atoms with Crippen LogP contribution in [0.5, 0.6) is 0 Å². The van der Waals surface area contributed by atoms with Gasteiger partial charge in [-0.15, -0.1) is 18.3 Å². The molecule has 2 amide bonds. The van der Waals surface area contributed by atoms with Crippen molar-refractivity contribution in [1.29, 1.82) is 0 Å². The summed E-state index contributed by atoms with van der Waals surface area (Å²) in [6.07, 6.45) is 2.92. The van der Waals surface area contributed by atoms with E-state index in [1.54, 1.807) is 11.0 Å². The summed E-state index contributed by atoms with van der Waals surface area (Å²) in [5.41, 5.74) is 0.962. The number of β-amino-alcohol motifs (C(OH)–C–C–N with tert-alkyl or cyclic N) is 1. The molecule has 166 valence electrons. The Morgan fingerprint density at radius 2 is 2.03 bits per heavy atom. The van der Waals surface area contributed by atoms with Gasteiger partial charge in [-0.3, -0.25) is 14.4 Å². The fraction of sp³-hybridized carbons (Fsp3) is 0.522. The largest absolute Gasteiger partial charge is 0.481 e. The maximum Gasteiger partial charge on any atom is 0.308 e. The van der Waals surface area contributed by atoms with E-state index in [4.69, 9.17) is 0 Å². The zero-order valence-corrected chi connectivity index (χ0v) is 18.4. The summed E-state index contributed by atoms with van der Waals surface area (Å²) >= 11 is 1.50. The first-order valence-corrected chi connectivity index (χ1v) is 11.4. The molecule has 2 unspecified atom stereocenters. The van der Waals surface area contributed by atoms with Gasteiger partial charge in [-0.05, 0) is 25.3 Å². The summed E-state index contributed by atoms with van der Waals surface area (Å²) in [4.78, 5) is 42.6. The molecule has 3 fully saturated rings. The first kappa shape index (κ1) is 21.9. The molecule has 3 saturated heterocycles. The molecular formula is C23H28N2O5S. The van der Waals surface area contributed by atoms with Crippen molar-refractivity contribution in [2.24, 2.45) is 11.8 Å². The summed E-state index contributed by atoms with van der Waals surface area (Å²) in [6.45, 7) is 6.11. The Balaban J connectivity index is 1.74. The SMILES string of the molecule is C=CCN(Cc1ccccc1)C(=O)C1N(CCO)C(=O)[C@@H]2[C@H](C(=O)O)[C@]3(C)CCC12S3. The van der Waals surface area contributed by atoms with Crippen molar-refractivity contribution in [3.8, 4) is 0 Å². The second-order valence-electron chi connectivity index (χ2n) is 8.81. The van der Waals surface area contributed by atoms with Crippen LogP contribution in [0.3, 0.4) is 0 Å². The monoisotopic (exact) mass is 444 g/mol. The highest BCUT2D eigenvalue weighted by atomic mass is 32.2. The molecule has 2 N–H and O–H groups in total.